The normalized spacial score (nSPS) is 14.3. The number of alkyl halides is 5. The second-order valence-electron chi connectivity index (χ2n) is 4.10. The van der Waals surface area contributed by atoms with E-state index in [0.29, 0.717) is 0 Å². The average molecular weight is 282 g/mol. The average Bonchev–Trinajstić information content (AvgIpc) is 2.27. The molecule has 0 heterocycles. The number of benzene rings is 1. The number of ketones is 1. The molecule has 0 aliphatic rings. The number of aliphatic hydroxyl groups excluding tert-OH is 1. The maximum Gasteiger partial charge on any atom is 0.453 e. The van der Waals surface area contributed by atoms with E-state index in [1.807, 2.05) is 0 Å². The van der Waals surface area contributed by atoms with Crippen molar-refractivity contribution in [2.24, 2.45) is 0 Å². The lowest BCUT2D eigenvalue weighted by Gasteiger charge is -2.22. The van der Waals surface area contributed by atoms with E-state index >= 15 is 0 Å². The van der Waals surface area contributed by atoms with E-state index in [4.69, 9.17) is 0 Å². The fraction of sp³-hybridized carbons (Fsp3) is 0.417. The van der Waals surface area contributed by atoms with Gasteiger partial charge in [0, 0.05) is 5.56 Å². The first kappa shape index (κ1) is 15.6. The highest BCUT2D eigenvalue weighted by Gasteiger charge is 2.58. The van der Waals surface area contributed by atoms with Gasteiger partial charge in [0.2, 0.25) is 0 Å². The summed E-state index contributed by atoms with van der Waals surface area (Å²) < 4.78 is 61.4. The molecule has 0 saturated carbocycles. The molecular weight excluding hydrogens is 271 g/mol. The molecular formula is C12H11F5O2. The van der Waals surface area contributed by atoms with Gasteiger partial charge in [0.1, 0.15) is 0 Å². The lowest BCUT2D eigenvalue weighted by Crippen LogP contribution is -2.37. The molecule has 0 amide bonds. The number of hydrogen-bond donors (Lipinski definition) is 1. The molecule has 19 heavy (non-hydrogen) atoms. The second kappa shape index (κ2) is 5.24. The number of hydrogen-bond acceptors (Lipinski definition) is 2. The Balaban J connectivity index is 2.84. The number of halogens is 5. The molecule has 0 bridgehead atoms. The minimum Gasteiger partial charge on any atom is -0.388 e. The summed E-state index contributed by atoms with van der Waals surface area (Å²) in [6.45, 7) is 1.28. The number of rotatable bonds is 4. The molecule has 2 nitrogen and oxygen atoms in total. The van der Waals surface area contributed by atoms with Gasteiger partial charge in [-0.1, -0.05) is 24.3 Å². The molecule has 106 valence electrons. The molecule has 0 radical (unpaired) electrons. The molecule has 1 aromatic carbocycles. The van der Waals surface area contributed by atoms with Crippen LogP contribution in [0.2, 0.25) is 0 Å². The Kier molecular flexibility index (Phi) is 4.29. The molecule has 1 rings (SSSR count). The molecule has 1 unspecified atom stereocenters. The van der Waals surface area contributed by atoms with E-state index in [9.17, 15) is 31.9 Å². The lowest BCUT2D eigenvalue weighted by atomic mass is 10.0. The van der Waals surface area contributed by atoms with Crippen molar-refractivity contribution >= 4 is 5.78 Å². The Hall–Kier alpha value is -1.50. The van der Waals surface area contributed by atoms with Crippen LogP contribution in [0.15, 0.2) is 24.3 Å². The van der Waals surface area contributed by atoms with E-state index in [2.05, 4.69) is 0 Å². The summed E-state index contributed by atoms with van der Waals surface area (Å²) >= 11 is 0. The van der Waals surface area contributed by atoms with Crippen LogP contribution in [0.3, 0.4) is 0 Å². The van der Waals surface area contributed by atoms with Crippen molar-refractivity contribution in [2.45, 2.75) is 31.5 Å². The summed E-state index contributed by atoms with van der Waals surface area (Å²) in [5, 5.41) is 9.38. The van der Waals surface area contributed by atoms with Gasteiger partial charge in [-0.05, 0) is 12.5 Å². The monoisotopic (exact) mass is 282 g/mol. The Morgan fingerprint density at radius 1 is 1.16 bits per heavy atom. The third-order valence-electron chi connectivity index (χ3n) is 2.57. The van der Waals surface area contributed by atoms with Crippen molar-refractivity contribution in [3.63, 3.8) is 0 Å². The van der Waals surface area contributed by atoms with Gasteiger partial charge in [-0.15, -0.1) is 0 Å². The summed E-state index contributed by atoms with van der Waals surface area (Å²) in [5.74, 6) is -5.24. The van der Waals surface area contributed by atoms with E-state index in [0.717, 1.165) is 12.1 Å². The van der Waals surface area contributed by atoms with Gasteiger partial charge in [-0.2, -0.15) is 22.0 Å². The third kappa shape index (κ3) is 3.73. The summed E-state index contributed by atoms with van der Waals surface area (Å²) in [5.41, 5.74) is 0.174. The van der Waals surface area contributed by atoms with Gasteiger partial charge < -0.3 is 5.11 Å². The highest BCUT2D eigenvalue weighted by atomic mass is 19.4. The Labute approximate surface area is 105 Å². The van der Waals surface area contributed by atoms with Crippen LogP contribution in [0.25, 0.3) is 0 Å². The van der Waals surface area contributed by atoms with E-state index < -0.39 is 24.6 Å². The van der Waals surface area contributed by atoms with Crippen molar-refractivity contribution < 1.29 is 31.9 Å². The minimum absolute atomic E-state index is 0.103. The predicted molar refractivity (Wildman–Crippen MR) is 57.0 cm³/mol. The summed E-state index contributed by atoms with van der Waals surface area (Å²) in [6.07, 6.45) is -9.42. The molecule has 0 aromatic heterocycles. The van der Waals surface area contributed by atoms with Crippen molar-refractivity contribution in [3.05, 3.63) is 35.4 Å². The summed E-state index contributed by atoms with van der Waals surface area (Å²) in [4.78, 5) is 11.0. The highest BCUT2D eigenvalue weighted by Crippen LogP contribution is 2.41. The molecule has 0 spiro atoms. The first-order valence-corrected chi connectivity index (χ1v) is 5.28. The van der Waals surface area contributed by atoms with Gasteiger partial charge >= 0.3 is 12.1 Å². The quantitative estimate of drug-likeness (QED) is 0.677. The number of aliphatic hydroxyl groups is 1. The van der Waals surface area contributed by atoms with Gasteiger partial charge in [-0.3, -0.25) is 4.79 Å². The zero-order valence-electron chi connectivity index (χ0n) is 9.84. The topological polar surface area (TPSA) is 37.3 Å². The summed E-state index contributed by atoms with van der Waals surface area (Å²) in [6, 6.07) is 4.81. The van der Waals surface area contributed by atoms with Gasteiger partial charge in [0.15, 0.2) is 5.78 Å². The number of carbonyl (C=O) groups excluding carboxylic acids is 1. The number of Topliss-reactive ketones (excluding diaryl/α,β-unsaturated/α-hetero) is 1. The van der Waals surface area contributed by atoms with Crippen LogP contribution in [0.1, 0.15) is 35.4 Å². The minimum atomic E-state index is -5.70. The number of carbonyl (C=O) groups is 1. The van der Waals surface area contributed by atoms with Crippen molar-refractivity contribution in [1.82, 2.24) is 0 Å². The van der Waals surface area contributed by atoms with Crippen LogP contribution in [-0.4, -0.2) is 23.0 Å². The largest absolute Gasteiger partial charge is 0.453 e. The van der Waals surface area contributed by atoms with Crippen molar-refractivity contribution in [3.8, 4) is 0 Å². The van der Waals surface area contributed by atoms with Crippen LogP contribution in [0.4, 0.5) is 22.0 Å². The van der Waals surface area contributed by atoms with Gasteiger partial charge in [0.05, 0.1) is 12.5 Å². The molecule has 1 aromatic rings. The fourth-order valence-electron chi connectivity index (χ4n) is 1.42. The maximum absolute atomic E-state index is 12.7. The van der Waals surface area contributed by atoms with Gasteiger partial charge in [-0.25, -0.2) is 0 Å². The Bertz CT molecular complexity index is 450. The van der Waals surface area contributed by atoms with Crippen molar-refractivity contribution in [2.75, 3.05) is 0 Å². The zero-order valence-corrected chi connectivity index (χ0v) is 9.84. The Morgan fingerprint density at radius 3 is 2.00 bits per heavy atom. The Morgan fingerprint density at radius 2 is 1.63 bits per heavy atom. The fourth-order valence-corrected chi connectivity index (χ4v) is 1.42. The van der Waals surface area contributed by atoms with Crippen LogP contribution in [0, 0.1) is 0 Å². The predicted octanol–water partition coefficient (Wildman–Crippen LogP) is 3.51. The first-order chi connectivity index (χ1) is 8.54. The second-order valence-corrected chi connectivity index (χ2v) is 4.10. The van der Waals surface area contributed by atoms with E-state index in [-0.39, 0.29) is 16.9 Å². The first-order valence-electron chi connectivity index (χ1n) is 5.28. The SMILES string of the molecule is CC(=O)c1ccc(C(O)CC(F)(F)C(F)(F)F)cc1. The zero-order chi connectivity index (χ0) is 14.8. The molecule has 7 heteroatoms. The smallest absolute Gasteiger partial charge is 0.388 e. The lowest BCUT2D eigenvalue weighted by molar-refractivity contribution is -0.290. The van der Waals surface area contributed by atoms with E-state index in [1.54, 1.807) is 0 Å². The van der Waals surface area contributed by atoms with Gasteiger partial charge in [0.25, 0.3) is 0 Å². The molecule has 1 N–H and O–H groups in total. The van der Waals surface area contributed by atoms with Crippen LogP contribution in [0.5, 0.6) is 0 Å². The van der Waals surface area contributed by atoms with Crippen molar-refractivity contribution in [1.29, 1.82) is 0 Å². The molecule has 0 fully saturated rings. The van der Waals surface area contributed by atoms with Crippen LogP contribution in [-0.2, 0) is 0 Å². The molecule has 0 aliphatic carbocycles. The molecule has 0 saturated heterocycles. The maximum atomic E-state index is 12.7. The molecule has 1 atom stereocenters. The highest BCUT2D eigenvalue weighted by molar-refractivity contribution is 5.94. The summed E-state index contributed by atoms with van der Waals surface area (Å²) in [7, 11) is 0. The standard InChI is InChI=1S/C12H11F5O2/c1-7(18)8-2-4-9(5-3-8)10(19)6-11(13,14)12(15,16)17/h2-5,10,19H,6H2,1H3. The third-order valence-corrected chi connectivity index (χ3v) is 2.57. The van der Waals surface area contributed by atoms with Crippen LogP contribution < -0.4 is 0 Å². The van der Waals surface area contributed by atoms with Crippen LogP contribution >= 0.6 is 0 Å². The molecule has 0 aliphatic heterocycles. The van der Waals surface area contributed by atoms with E-state index in [1.165, 1.54) is 19.1 Å².